The lowest BCUT2D eigenvalue weighted by Crippen LogP contribution is -2.01. The van der Waals surface area contributed by atoms with Gasteiger partial charge >= 0.3 is 0 Å². The second-order valence-corrected chi connectivity index (χ2v) is 4.31. The molecule has 3 heteroatoms. The topological polar surface area (TPSA) is 29.5 Å². The second-order valence-electron chi connectivity index (χ2n) is 4.31. The van der Waals surface area contributed by atoms with Gasteiger partial charge in [0.05, 0.1) is 6.10 Å². The van der Waals surface area contributed by atoms with Crippen LogP contribution in [0.4, 0.5) is 4.39 Å². The summed E-state index contributed by atoms with van der Waals surface area (Å²) in [5, 5.41) is 9.58. The van der Waals surface area contributed by atoms with E-state index in [0.717, 1.165) is 5.56 Å². The standard InChI is InChI=1S/C17H15FO2/c1-13(19)16-12-15(18)9-10-17(16)20-11-5-8-14-6-3-2-4-7-14/h2-4,6-7,9-10,12-13,19H,11H2,1H3/t13-/m0/s1. The molecule has 0 radical (unpaired) electrons. The quantitative estimate of drug-likeness (QED) is 0.867. The number of aliphatic hydroxyl groups excluding tert-OH is 1. The number of hydrogen-bond acceptors (Lipinski definition) is 2. The third-order valence-electron chi connectivity index (χ3n) is 2.73. The summed E-state index contributed by atoms with van der Waals surface area (Å²) >= 11 is 0. The van der Waals surface area contributed by atoms with Crippen LogP contribution in [-0.4, -0.2) is 11.7 Å². The molecule has 0 heterocycles. The summed E-state index contributed by atoms with van der Waals surface area (Å²) in [7, 11) is 0. The van der Waals surface area contributed by atoms with Gasteiger partial charge in [-0.15, -0.1) is 0 Å². The summed E-state index contributed by atoms with van der Waals surface area (Å²) in [6, 6.07) is 13.6. The number of ether oxygens (including phenoxy) is 1. The zero-order valence-electron chi connectivity index (χ0n) is 11.1. The molecular formula is C17H15FO2. The highest BCUT2D eigenvalue weighted by atomic mass is 19.1. The molecule has 2 aromatic rings. The minimum atomic E-state index is -0.789. The lowest BCUT2D eigenvalue weighted by molar-refractivity contribution is 0.192. The van der Waals surface area contributed by atoms with Gasteiger partial charge in [-0.05, 0) is 37.3 Å². The number of aliphatic hydroxyl groups is 1. The highest BCUT2D eigenvalue weighted by Gasteiger charge is 2.09. The van der Waals surface area contributed by atoms with Gasteiger partial charge in [0.2, 0.25) is 0 Å². The number of benzene rings is 2. The van der Waals surface area contributed by atoms with Crippen LogP contribution in [-0.2, 0) is 0 Å². The molecule has 0 aliphatic rings. The molecule has 102 valence electrons. The molecule has 0 fully saturated rings. The molecule has 0 aliphatic heterocycles. The maximum absolute atomic E-state index is 13.1. The molecular weight excluding hydrogens is 255 g/mol. The Morgan fingerprint density at radius 2 is 1.95 bits per heavy atom. The molecule has 0 saturated carbocycles. The largest absolute Gasteiger partial charge is 0.481 e. The van der Waals surface area contributed by atoms with Crippen LogP contribution in [0, 0.1) is 17.7 Å². The fourth-order valence-corrected chi connectivity index (χ4v) is 1.75. The van der Waals surface area contributed by atoms with Crippen LogP contribution in [0.1, 0.15) is 24.2 Å². The minimum Gasteiger partial charge on any atom is -0.481 e. The molecule has 0 aliphatic carbocycles. The van der Waals surface area contributed by atoms with E-state index < -0.39 is 11.9 Å². The molecule has 20 heavy (non-hydrogen) atoms. The van der Waals surface area contributed by atoms with Crippen molar-refractivity contribution >= 4 is 0 Å². The van der Waals surface area contributed by atoms with Crippen molar-refractivity contribution in [2.24, 2.45) is 0 Å². The van der Waals surface area contributed by atoms with E-state index in [4.69, 9.17) is 4.74 Å². The van der Waals surface area contributed by atoms with E-state index in [1.54, 1.807) is 6.92 Å². The van der Waals surface area contributed by atoms with Gasteiger partial charge in [0, 0.05) is 11.1 Å². The van der Waals surface area contributed by atoms with Crippen LogP contribution < -0.4 is 4.74 Å². The Morgan fingerprint density at radius 3 is 2.65 bits per heavy atom. The Morgan fingerprint density at radius 1 is 1.20 bits per heavy atom. The average molecular weight is 270 g/mol. The number of halogens is 1. The van der Waals surface area contributed by atoms with Gasteiger partial charge in [0.1, 0.15) is 18.2 Å². The van der Waals surface area contributed by atoms with E-state index in [9.17, 15) is 9.50 Å². The predicted octanol–water partition coefficient (Wildman–Crippen LogP) is 3.31. The van der Waals surface area contributed by atoms with Crippen LogP contribution in [0.3, 0.4) is 0 Å². The average Bonchev–Trinajstić information content (AvgIpc) is 2.45. The van der Waals surface area contributed by atoms with Crippen molar-refractivity contribution in [1.82, 2.24) is 0 Å². The molecule has 2 aromatic carbocycles. The van der Waals surface area contributed by atoms with Crippen molar-refractivity contribution < 1.29 is 14.2 Å². The van der Waals surface area contributed by atoms with Crippen LogP contribution in [0.5, 0.6) is 5.75 Å². The van der Waals surface area contributed by atoms with Gasteiger partial charge in [-0.25, -0.2) is 4.39 Å². The van der Waals surface area contributed by atoms with Crippen LogP contribution in [0.2, 0.25) is 0 Å². The zero-order valence-corrected chi connectivity index (χ0v) is 11.1. The Bertz CT molecular complexity index is 624. The summed E-state index contributed by atoms with van der Waals surface area (Å²) in [5.74, 6) is 5.90. The number of rotatable bonds is 3. The first-order chi connectivity index (χ1) is 9.66. The maximum atomic E-state index is 13.1. The molecule has 0 bridgehead atoms. The van der Waals surface area contributed by atoms with Crippen molar-refractivity contribution in [2.45, 2.75) is 13.0 Å². The van der Waals surface area contributed by atoms with Crippen LogP contribution in [0.15, 0.2) is 48.5 Å². The molecule has 0 spiro atoms. The third kappa shape index (κ3) is 3.84. The summed E-state index contributed by atoms with van der Waals surface area (Å²) in [6.07, 6.45) is -0.789. The second kappa shape index (κ2) is 6.74. The molecule has 2 rings (SSSR count). The Kier molecular flexibility index (Phi) is 4.75. The van der Waals surface area contributed by atoms with Gasteiger partial charge in [-0.3, -0.25) is 0 Å². The Labute approximate surface area is 117 Å². The molecule has 2 nitrogen and oxygen atoms in total. The van der Waals surface area contributed by atoms with Gasteiger partial charge < -0.3 is 9.84 Å². The smallest absolute Gasteiger partial charge is 0.149 e. The van der Waals surface area contributed by atoms with Gasteiger partial charge in [-0.2, -0.15) is 0 Å². The molecule has 0 unspecified atom stereocenters. The fourth-order valence-electron chi connectivity index (χ4n) is 1.75. The normalized spacial score (nSPS) is 11.3. The monoisotopic (exact) mass is 270 g/mol. The first kappa shape index (κ1) is 14.1. The van der Waals surface area contributed by atoms with Gasteiger partial charge in [0.25, 0.3) is 0 Å². The summed E-state index contributed by atoms with van der Waals surface area (Å²) in [5.41, 5.74) is 1.33. The van der Waals surface area contributed by atoms with E-state index >= 15 is 0 Å². The van der Waals surface area contributed by atoms with Crippen molar-refractivity contribution in [2.75, 3.05) is 6.61 Å². The van der Waals surface area contributed by atoms with Gasteiger partial charge in [-0.1, -0.05) is 30.0 Å². The minimum absolute atomic E-state index is 0.181. The molecule has 1 atom stereocenters. The lowest BCUT2D eigenvalue weighted by Gasteiger charge is -2.11. The number of hydrogen-bond donors (Lipinski definition) is 1. The summed E-state index contributed by atoms with van der Waals surface area (Å²) in [6.45, 7) is 1.75. The van der Waals surface area contributed by atoms with Crippen molar-refractivity contribution in [3.63, 3.8) is 0 Å². The highest BCUT2D eigenvalue weighted by Crippen LogP contribution is 2.25. The summed E-state index contributed by atoms with van der Waals surface area (Å²) < 4.78 is 18.6. The van der Waals surface area contributed by atoms with Crippen LogP contribution in [0.25, 0.3) is 0 Å². The maximum Gasteiger partial charge on any atom is 0.149 e. The van der Waals surface area contributed by atoms with Crippen molar-refractivity contribution in [3.05, 3.63) is 65.5 Å². The summed E-state index contributed by atoms with van der Waals surface area (Å²) in [4.78, 5) is 0. The lowest BCUT2D eigenvalue weighted by atomic mass is 10.1. The molecule has 0 saturated heterocycles. The van der Waals surface area contributed by atoms with E-state index in [1.807, 2.05) is 30.3 Å². The molecule has 0 amide bonds. The van der Waals surface area contributed by atoms with E-state index in [2.05, 4.69) is 11.8 Å². The fraction of sp³-hybridized carbons (Fsp3) is 0.176. The van der Waals surface area contributed by atoms with Crippen molar-refractivity contribution in [3.8, 4) is 17.6 Å². The molecule has 1 N–H and O–H groups in total. The van der Waals surface area contributed by atoms with E-state index in [0.29, 0.717) is 11.3 Å². The third-order valence-corrected chi connectivity index (χ3v) is 2.73. The predicted molar refractivity (Wildman–Crippen MR) is 75.8 cm³/mol. The zero-order chi connectivity index (χ0) is 14.4. The first-order valence-corrected chi connectivity index (χ1v) is 6.31. The van der Waals surface area contributed by atoms with E-state index in [-0.39, 0.29) is 6.61 Å². The first-order valence-electron chi connectivity index (χ1n) is 6.31. The van der Waals surface area contributed by atoms with Crippen LogP contribution >= 0.6 is 0 Å². The Balaban J connectivity index is 2.03. The van der Waals surface area contributed by atoms with Crippen molar-refractivity contribution in [1.29, 1.82) is 0 Å². The SMILES string of the molecule is C[C@H](O)c1cc(F)ccc1OCC#Cc1ccccc1. The van der Waals surface area contributed by atoms with Gasteiger partial charge in [0.15, 0.2) is 0 Å². The molecule has 0 aromatic heterocycles. The van der Waals surface area contributed by atoms with E-state index in [1.165, 1.54) is 18.2 Å². The highest BCUT2D eigenvalue weighted by molar-refractivity contribution is 5.37. The Hall–Kier alpha value is -2.31.